The lowest BCUT2D eigenvalue weighted by Crippen LogP contribution is -2.42. The van der Waals surface area contributed by atoms with Crippen molar-refractivity contribution < 1.29 is 18.7 Å². The van der Waals surface area contributed by atoms with Gasteiger partial charge in [0.05, 0.1) is 12.1 Å². The standard InChI is InChI=1S/C16H11BrClFO3/c1-21-15(20)16(10-4-2-3-5-12(10)19)8-9-13(22-16)7-6-11(18)14(9)17/h2-7H,8H2,1H3/t16-/m0/s1. The molecule has 2 aromatic carbocycles. The van der Waals surface area contributed by atoms with Gasteiger partial charge in [0.15, 0.2) is 0 Å². The van der Waals surface area contributed by atoms with Crippen molar-refractivity contribution in [2.75, 3.05) is 7.11 Å². The molecule has 0 bridgehead atoms. The highest BCUT2D eigenvalue weighted by Crippen LogP contribution is 2.47. The molecule has 22 heavy (non-hydrogen) atoms. The Kier molecular flexibility index (Phi) is 3.87. The second-order valence-electron chi connectivity index (χ2n) is 4.92. The Bertz CT molecular complexity index is 765. The number of hydrogen-bond donors (Lipinski definition) is 0. The molecule has 0 N–H and O–H groups in total. The first-order valence-electron chi connectivity index (χ1n) is 6.49. The van der Waals surface area contributed by atoms with E-state index in [0.29, 0.717) is 20.8 Å². The molecule has 0 amide bonds. The predicted molar refractivity (Wildman–Crippen MR) is 83.6 cm³/mol. The van der Waals surface area contributed by atoms with Crippen molar-refractivity contribution in [3.05, 3.63) is 62.8 Å². The molecule has 1 atom stereocenters. The van der Waals surface area contributed by atoms with Gasteiger partial charge in [0, 0.05) is 22.0 Å². The van der Waals surface area contributed by atoms with Crippen molar-refractivity contribution in [2.45, 2.75) is 12.0 Å². The molecule has 0 aromatic heterocycles. The molecule has 3 nitrogen and oxygen atoms in total. The van der Waals surface area contributed by atoms with Gasteiger partial charge < -0.3 is 9.47 Å². The molecule has 0 aliphatic carbocycles. The van der Waals surface area contributed by atoms with Crippen LogP contribution < -0.4 is 4.74 Å². The minimum Gasteiger partial charge on any atom is -0.470 e. The number of esters is 1. The van der Waals surface area contributed by atoms with Crippen molar-refractivity contribution in [3.63, 3.8) is 0 Å². The van der Waals surface area contributed by atoms with Crippen LogP contribution in [0.2, 0.25) is 5.02 Å². The number of hydrogen-bond acceptors (Lipinski definition) is 3. The molecule has 0 saturated heterocycles. The second kappa shape index (κ2) is 5.56. The van der Waals surface area contributed by atoms with Crippen molar-refractivity contribution in [1.29, 1.82) is 0 Å². The van der Waals surface area contributed by atoms with Gasteiger partial charge in [0.2, 0.25) is 5.60 Å². The van der Waals surface area contributed by atoms with E-state index in [1.165, 1.54) is 19.2 Å². The molecule has 1 heterocycles. The summed E-state index contributed by atoms with van der Waals surface area (Å²) >= 11 is 9.47. The largest absolute Gasteiger partial charge is 0.470 e. The lowest BCUT2D eigenvalue weighted by Gasteiger charge is -2.26. The number of benzene rings is 2. The SMILES string of the molecule is COC(=O)[C@@]1(c2ccccc2F)Cc2c(ccc(Cl)c2Br)O1. The van der Waals surface area contributed by atoms with Crippen LogP contribution in [-0.2, 0) is 21.6 Å². The van der Waals surface area contributed by atoms with E-state index in [4.69, 9.17) is 21.1 Å². The topological polar surface area (TPSA) is 35.5 Å². The average molecular weight is 386 g/mol. The summed E-state index contributed by atoms with van der Waals surface area (Å²) in [4.78, 5) is 12.4. The molecule has 6 heteroatoms. The van der Waals surface area contributed by atoms with Crippen molar-refractivity contribution in [1.82, 2.24) is 0 Å². The lowest BCUT2D eigenvalue weighted by atomic mass is 9.88. The molecule has 1 aliphatic rings. The Morgan fingerprint density at radius 1 is 1.36 bits per heavy atom. The summed E-state index contributed by atoms with van der Waals surface area (Å²) in [6, 6.07) is 9.32. The zero-order valence-electron chi connectivity index (χ0n) is 11.5. The highest BCUT2D eigenvalue weighted by Gasteiger charge is 2.51. The van der Waals surface area contributed by atoms with E-state index in [9.17, 15) is 9.18 Å². The molecule has 1 aliphatic heterocycles. The fourth-order valence-corrected chi connectivity index (χ4v) is 3.28. The number of carbonyl (C=O) groups is 1. The van der Waals surface area contributed by atoms with Crippen LogP contribution in [-0.4, -0.2) is 13.1 Å². The van der Waals surface area contributed by atoms with Gasteiger partial charge in [0.1, 0.15) is 11.6 Å². The second-order valence-corrected chi connectivity index (χ2v) is 6.12. The third-order valence-electron chi connectivity index (χ3n) is 3.69. The van der Waals surface area contributed by atoms with E-state index in [2.05, 4.69) is 15.9 Å². The van der Waals surface area contributed by atoms with Gasteiger partial charge in [-0.25, -0.2) is 9.18 Å². The predicted octanol–water partition coefficient (Wildman–Crippen LogP) is 4.25. The molecule has 2 aromatic rings. The van der Waals surface area contributed by atoms with Gasteiger partial charge in [-0.15, -0.1) is 0 Å². The summed E-state index contributed by atoms with van der Waals surface area (Å²) in [5.41, 5.74) is -0.697. The highest BCUT2D eigenvalue weighted by atomic mass is 79.9. The summed E-state index contributed by atoms with van der Waals surface area (Å²) in [6.45, 7) is 0. The van der Waals surface area contributed by atoms with Gasteiger partial charge in [-0.05, 0) is 34.1 Å². The number of halogens is 3. The van der Waals surface area contributed by atoms with Crippen LogP contribution in [0.25, 0.3) is 0 Å². The Morgan fingerprint density at radius 3 is 2.77 bits per heavy atom. The van der Waals surface area contributed by atoms with Crippen molar-refractivity contribution >= 4 is 33.5 Å². The third kappa shape index (κ3) is 2.20. The molecular weight excluding hydrogens is 375 g/mol. The minimum atomic E-state index is -1.55. The van der Waals surface area contributed by atoms with Crippen LogP contribution in [0.15, 0.2) is 40.9 Å². The van der Waals surface area contributed by atoms with Gasteiger partial charge in [-0.3, -0.25) is 0 Å². The van der Waals surface area contributed by atoms with E-state index in [1.54, 1.807) is 24.3 Å². The summed E-state index contributed by atoms with van der Waals surface area (Å²) in [5.74, 6) is -0.704. The minimum absolute atomic E-state index is 0.136. The van der Waals surface area contributed by atoms with E-state index in [1.807, 2.05) is 0 Å². The maximum atomic E-state index is 14.3. The Balaban J connectivity index is 2.18. The molecule has 114 valence electrons. The highest BCUT2D eigenvalue weighted by molar-refractivity contribution is 9.10. The van der Waals surface area contributed by atoms with Crippen LogP contribution in [0, 0.1) is 5.82 Å². The smallest absolute Gasteiger partial charge is 0.355 e. The van der Waals surface area contributed by atoms with Gasteiger partial charge in [-0.2, -0.15) is 0 Å². The first-order chi connectivity index (χ1) is 10.5. The monoisotopic (exact) mass is 384 g/mol. The van der Waals surface area contributed by atoms with Crippen molar-refractivity contribution in [3.8, 4) is 5.75 Å². The lowest BCUT2D eigenvalue weighted by molar-refractivity contribution is -0.158. The fourth-order valence-electron chi connectivity index (χ4n) is 2.64. The number of rotatable bonds is 2. The molecule has 0 saturated carbocycles. The maximum absolute atomic E-state index is 14.3. The van der Waals surface area contributed by atoms with Crippen LogP contribution in [0.1, 0.15) is 11.1 Å². The molecule has 3 rings (SSSR count). The summed E-state index contributed by atoms with van der Waals surface area (Å²) in [6.07, 6.45) is 0.136. The van der Waals surface area contributed by atoms with Gasteiger partial charge in [-0.1, -0.05) is 29.8 Å². The molecule has 0 fully saturated rings. The quantitative estimate of drug-likeness (QED) is 0.725. The van der Waals surface area contributed by atoms with Crippen LogP contribution in [0.4, 0.5) is 4.39 Å². The van der Waals surface area contributed by atoms with E-state index < -0.39 is 17.4 Å². The fraction of sp³-hybridized carbons (Fsp3) is 0.188. The van der Waals surface area contributed by atoms with E-state index >= 15 is 0 Å². The Hall–Kier alpha value is -1.59. The maximum Gasteiger partial charge on any atom is 0.355 e. The molecular formula is C16H11BrClFO3. The van der Waals surface area contributed by atoms with Crippen LogP contribution >= 0.6 is 27.5 Å². The zero-order chi connectivity index (χ0) is 15.9. The summed E-state index contributed by atoms with van der Waals surface area (Å²) in [7, 11) is 1.25. The third-order valence-corrected chi connectivity index (χ3v) is 5.14. The van der Waals surface area contributed by atoms with Gasteiger partial charge in [0.25, 0.3) is 0 Å². The van der Waals surface area contributed by atoms with E-state index in [-0.39, 0.29) is 12.0 Å². The first kappa shape index (κ1) is 15.3. The van der Waals surface area contributed by atoms with Crippen LogP contribution in [0.5, 0.6) is 5.75 Å². The zero-order valence-corrected chi connectivity index (χ0v) is 13.9. The summed E-state index contributed by atoms with van der Waals surface area (Å²) < 4.78 is 25.6. The normalized spacial score (nSPS) is 19.5. The molecule has 0 radical (unpaired) electrons. The van der Waals surface area contributed by atoms with Crippen LogP contribution in [0.3, 0.4) is 0 Å². The van der Waals surface area contributed by atoms with Gasteiger partial charge >= 0.3 is 5.97 Å². The number of methoxy groups -OCH3 is 1. The van der Waals surface area contributed by atoms with E-state index in [0.717, 1.165) is 0 Å². The Labute approximate surface area is 140 Å². The number of fused-ring (bicyclic) bond motifs is 1. The average Bonchev–Trinajstić information content (AvgIpc) is 2.92. The number of carbonyl (C=O) groups excluding carboxylic acids is 1. The summed E-state index contributed by atoms with van der Waals surface area (Å²) in [5, 5.41) is 0.497. The van der Waals surface area contributed by atoms with Crippen molar-refractivity contribution in [2.24, 2.45) is 0 Å². The molecule has 0 spiro atoms. The molecule has 0 unspecified atom stereocenters. The Morgan fingerprint density at radius 2 is 2.09 bits per heavy atom. The number of ether oxygens (including phenoxy) is 2. The first-order valence-corrected chi connectivity index (χ1v) is 7.66.